The molecule has 4 aromatic rings. The normalized spacial score (nSPS) is 16.6. The Bertz CT molecular complexity index is 1670. The van der Waals surface area contributed by atoms with Crippen LogP contribution in [0.5, 0.6) is 0 Å². The van der Waals surface area contributed by atoms with Crippen LogP contribution in [0.1, 0.15) is 39.7 Å². The molecule has 3 aromatic heterocycles. The van der Waals surface area contributed by atoms with Crippen molar-refractivity contribution in [2.45, 2.75) is 51.3 Å². The Hall–Kier alpha value is -4.81. The van der Waals surface area contributed by atoms with Gasteiger partial charge in [0.2, 0.25) is 0 Å². The average Bonchev–Trinajstić information content (AvgIpc) is 3.41. The van der Waals surface area contributed by atoms with E-state index < -0.39 is 17.8 Å². The highest BCUT2D eigenvalue weighted by Gasteiger charge is 2.35. The van der Waals surface area contributed by atoms with Crippen molar-refractivity contribution in [2.75, 3.05) is 17.7 Å². The monoisotopic (exact) mass is 562 g/mol. The van der Waals surface area contributed by atoms with Gasteiger partial charge in [-0.15, -0.1) is 0 Å². The number of anilines is 3. The van der Waals surface area contributed by atoms with Crippen molar-refractivity contribution in [3.8, 4) is 11.1 Å². The molecule has 0 bridgehead atoms. The van der Waals surface area contributed by atoms with Crippen LogP contribution in [0.3, 0.4) is 0 Å². The van der Waals surface area contributed by atoms with Crippen molar-refractivity contribution >= 4 is 40.4 Å². The van der Waals surface area contributed by atoms with Crippen molar-refractivity contribution in [1.29, 1.82) is 0 Å². The zero-order valence-electron chi connectivity index (χ0n) is 23.9. The fourth-order valence-corrected chi connectivity index (χ4v) is 4.89. The number of aromatic nitrogens is 5. The second-order valence-electron chi connectivity index (χ2n) is 11.2. The molecule has 13 nitrogen and oxygen atoms in total. The van der Waals surface area contributed by atoms with Gasteiger partial charge in [-0.3, -0.25) is 19.1 Å². The molecule has 0 aliphatic heterocycles. The van der Waals surface area contributed by atoms with Gasteiger partial charge in [0, 0.05) is 55.4 Å². The van der Waals surface area contributed by atoms with Crippen LogP contribution in [0.4, 0.5) is 26.8 Å². The number of amides is 2. The second-order valence-corrected chi connectivity index (χ2v) is 11.2. The van der Waals surface area contributed by atoms with Crippen LogP contribution in [-0.2, 0) is 23.6 Å². The van der Waals surface area contributed by atoms with Gasteiger partial charge in [-0.05, 0) is 57.4 Å². The number of benzene rings is 1. The number of methoxy groups -OCH3 is 1. The van der Waals surface area contributed by atoms with E-state index in [0.717, 1.165) is 16.6 Å². The van der Waals surface area contributed by atoms with E-state index in [2.05, 4.69) is 26.0 Å². The molecule has 1 aliphatic carbocycles. The lowest BCUT2D eigenvalue weighted by Crippen LogP contribution is -2.48. The lowest BCUT2D eigenvalue weighted by Gasteiger charge is -2.36. The number of rotatable bonds is 6. The number of hydrogen-bond acceptors (Lipinski definition) is 8. The van der Waals surface area contributed by atoms with E-state index in [9.17, 15) is 14.4 Å². The zero-order valence-corrected chi connectivity index (χ0v) is 23.9. The van der Waals surface area contributed by atoms with Crippen LogP contribution in [0, 0.1) is 0 Å². The molecule has 0 atom stereocenters. The molecule has 1 fully saturated rings. The topological polar surface area (TPSA) is 146 Å². The Morgan fingerprint density at radius 1 is 0.976 bits per heavy atom. The number of pyridine rings is 1. The minimum Gasteiger partial charge on any atom is -0.453 e. The molecule has 1 aromatic carbocycles. The summed E-state index contributed by atoms with van der Waals surface area (Å²) >= 11 is 0. The molecule has 3 heterocycles. The number of hydrogen-bond donors (Lipinski definition) is 3. The summed E-state index contributed by atoms with van der Waals surface area (Å²) in [5.74, 6) is 0.520. The smallest absolute Gasteiger partial charge is 0.411 e. The molecule has 3 N–H and O–H groups in total. The second kappa shape index (κ2) is 10.6. The number of fused-ring (bicyclic) bond motifs is 1. The lowest BCUT2D eigenvalue weighted by atomic mass is 9.86. The molecule has 0 saturated heterocycles. The summed E-state index contributed by atoms with van der Waals surface area (Å²) in [4.78, 5) is 41.8. The van der Waals surface area contributed by atoms with E-state index in [1.54, 1.807) is 39.3 Å². The van der Waals surface area contributed by atoms with Crippen LogP contribution >= 0.6 is 0 Å². The van der Waals surface area contributed by atoms with Crippen molar-refractivity contribution in [1.82, 2.24) is 29.2 Å². The Balaban J connectivity index is 1.41. The van der Waals surface area contributed by atoms with E-state index in [0.29, 0.717) is 35.6 Å². The minimum atomic E-state index is -0.591. The highest BCUT2D eigenvalue weighted by atomic mass is 16.6. The maximum atomic E-state index is 13.2. The summed E-state index contributed by atoms with van der Waals surface area (Å²) in [5, 5.41) is 13.1. The molecular weight excluding hydrogens is 528 g/mol. The maximum Gasteiger partial charge on any atom is 0.411 e. The summed E-state index contributed by atoms with van der Waals surface area (Å²) in [7, 11) is 4.85. The first-order valence-corrected chi connectivity index (χ1v) is 13.2. The van der Waals surface area contributed by atoms with E-state index >= 15 is 0 Å². The van der Waals surface area contributed by atoms with Gasteiger partial charge in [0.15, 0.2) is 0 Å². The highest BCUT2D eigenvalue weighted by Crippen LogP contribution is 2.35. The highest BCUT2D eigenvalue weighted by molar-refractivity contribution is 5.88. The van der Waals surface area contributed by atoms with Crippen molar-refractivity contribution in [3.63, 3.8) is 0 Å². The average molecular weight is 563 g/mol. The standard InChI is InChI=1S/C28H34N8O5/c1-28(2,3)41-26(38)33-20-10-21(11-20)36-22-12-24(29-14-23(22)35(5)27(36)39)31-18-7-16(17-13-30-34(4)15-17)8-19(9-18)32-25(37)40-6/h7-9,12-15,20-21H,10-11H2,1-6H3,(H,29,31)(H,32,37)(H,33,38). The number of nitrogens with zero attached hydrogens (tertiary/aromatic N) is 5. The molecule has 0 spiro atoms. The van der Waals surface area contributed by atoms with Gasteiger partial charge in [-0.2, -0.15) is 5.10 Å². The van der Waals surface area contributed by atoms with Gasteiger partial charge in [-0.1, -0.05) is 0 Å². The number of alkyl carbamates (subject to hydrolysis) is 1. The van der Waals surface area contributed by atoms with Crippen LogP contribution < -0.4 is 21.6 Å². The number of ether oxygens (including phenoxy) is 2. The lowest BCUT2D eigenvalue weighted by molar-refractivity contribution is 0.0456. The van der Waals surface area contributed by atoms with Gasteiger partial charge >= 0.3 is 17.9 Å². The third kappa shape index (κ3) is 6.03. The van der Waals surface area contributed by atoms with Crippen molar-refractivity contribution < 1.29 is 19.1 Å². The molecule has 13 heteroatoms. The fraction of sp³-hybridized carbons (Fsp3) is 0.393. The number of carbonyl (C=O) groups excluding carboxylic acids is 2. The number of carbonyl (C=O) groups is 2. The summed E-state index contributed by atoms with van der Waals surface area (Å²) in [6, 6.07) is 7.18. The van der Waals surface area contributed by atoms with Crippen molar-refractivity contribution in [3.05, 3.63) is 53.3 Å². The fourth-order valence-electron chi connectivity index (χ4n) is 4.89. The predicted octanol–water partition coefficient (Wildman–Crippen LogP) is 4.29. The van der Waals surface area contributed by atoms with Crippen LogP contribution in [0.15, 0.2) is 47.7 Å². The molecule has 0 unspecified atom stereocenters. The van der Waals surface area contributed by atoms with Gasteiger partial charge < -0.3 is 20.1 Å². The van der Waals surface area contributed by atoms with E-state index in [4.69, 9.17) is 9.47 Å². The van der Waals surface area contributed by atoms with Crippen LogP contribution in [0.25, 0.3) is 22.2 Å². The molecule has 2 amide bonds. The Morgan fingerprint density at radius 2 is 1.71 bits per heavy atom. The zero-order chi connectivity index (χ0) is 29.5. The maximum absolute atomic E-state index is 13.2. The van der Waals surface area contributed by atoms with E-state index in [1.807, 2.05) is 52.2 Å². The third-order valence-corrected chi connectivity index (χ3v) is 6.85. The van der Waals surface area contributed by atoms with E-state index in [1.165, 1.54) is 7.11 Å². The molecule has 0 radical (unpaired) electrons. The van der Waals surface area contributed by atoms with Gasteiger partial charge in [0.1, 0.15) is 11.4 Å². The predicted molar refractivity (Wildman–Crippen MR) is 154 cm³/mol. The molecule has 1 saturated carbocycles. The number of aryl methyl sites for hydroxylation is 2. The van der Waals surface area contributed by atoms with Crippen LogP contribution in [-0.4, -0.2) is 54.8 Å². The third-order valence-electron chi connectivity index (χ3n) is 6.85. The molecule has 5 rings (SSSR count). The first-order chi connectivity index (χ1) is 19.4. The van der Waals surface area contributed by atoms with Crippen molar-refractivity contribution in [2.24, 2.45) is 14.1 Å². The van der Waals surface area contributed by atoms with Gasteiger partial charge in [0.05, 0.1) is 30.5 Å². The summed E-state index contributed by atoms with van der Waals surface area (Å²) in [6.45, 7) is 5.45. The SMILES string of the molecule is COC(=O)Nc1cc(Nc2cc3c(cn2)n(C)c(=O)n3C2CC(NC(=O)OC(C)(C)C)C2)cc(-c2cnn(C)c2)c1. The summed E-state index contributed by atoms with van der Waals surface area (Å²) in [5.41, 5.74) is 3.57. The Morgan fingerprint density at radius 3 is 2.37 bits per heavy atom. The van der Waals surface area contributed by atoms with Gasteiger partial charge in [0.25, 0.3) is 0 Å². The molecule has 216 valence electrons. The summed E-state index contributed by atoms with van der Waals surface area (Å²) in [6.07, 6.45) is 5.43. The Labute approximate surface area is 236 Å². The largest absolute Gasteiger partial charge is 0.453 e. The number of imidazole rings is 1. The Kier molecular flexibility index (Phi) is 7.20. The molecule has 1 aliphatic rings. The summed E-state index contributed by atoms with van der Waals surface area (Å²) < 4.78 is 15.1. The minimum absolute atomic E-state index is 0.0765. The first kappa shape index (κ1) is 27.7. The molecular formula is C28H34N8O5. The molecule has 41 heavy (non-hydrogen) atoms. The van der Waals surface area contributed by atoms with Gasteiger partial charge in [-0.25, -0.2) is 19.4 Å². The number of nitrogens with one attached hydrogen (secondary N) is 3. The quantitative estimate of drug-likeness (QED) is 0.316. The van der Waals surface area contributed by atoms with Crippen LogP contribution in [0.2, 0.25) is 0 Å². The van der Waals surface area contributed by atoms with E-state index in [-0.39, 0.29) is 17.8 Å². The first-order valence-electron chi connectivity index (χ1n) is 13.2.